The van der Waals surface area contributed by atoms with Gasteiger partial charge in [0.05, 0.1) is 7.11 Å². The van der Waals surface area contributed by atoms with Gasteiger partial charge in [-0.05, 0) is 56.4 Å². The first-order valence-electron chi connectivity index (χ1n) is 6.87. The second kappa shape index (κ2) is 4.47. The first kappa shape index (κ1) is 11.8. The molecule has 2 heterocycles. The zero-order chi connectivity index (χ0) is 12.7. The van der Waals surface area contributed by atoms with Crippen LogP contribution in [0.25, 0.3) is 0 Å². The summed E-state index contributed by atoms with van der Waals surface area (Å²) in [6, 6.07) is 8.21. The summed E-state index contributed by atoms with van der Waals surface area (Å²) in [7, 11) is 1.73. The van der Waals surface area contributed by atoms with Crippen molar-refractivity contribution in [1.82, 2.24) is 0 Å². The number of fused-ring (bicyclic) bond motifs is 2. The molecule has 0 spiro atoms. The van der Waals surface area contributed by atoms with Crippen molar-refractivity contribution >= 4 is 5.69 Å². The first-order chi connectivity index (χ1) is 8.69. The maximum Gasteiger partial charge on any atom is 0.121 e. The van der Waals surface area contributed by atoms with Crippen LogP contribution in [0.2, 0.25) is 0 Å². The van der Waals surface area contributed by atoms with Crippen molar-refractivity contribution in [2.75, 3.05) is 12.0 Å². The Hall–Kier alpha value is -1.22. The lowest BCUT2D eigenvalue weighted by atomic mass is 9.97. The highest BCUT2D eigenvalue weighted by atomic mass is 16.5. The Morgan fingerprint density at radius 1 is 1.22 bits per heavy atom. The van der Waals surface area contributed by atoms with Crippen LogP contribution in [-0.4, -0.2) is 25.2 Å². The molecule has 0 radical (unpaired) electrons. The van der Waals surface area contributed by atoms with Gasteiger partial charge >= 0.3 is 0 Å². The monoisotopic (exact) mass is 246 g/mol. The van der Waals surface area contributed by atoms with Crippen molar-refractivity contribution in [3.8, 4) is 5.75 Å². The molecule has 2 saturated heterocycles. The molecule has 0 saturated carbocycles. The fraction of sp³-hybridized carbons (Fsp3) is 0.600. The predicted octanol–water partition coefficient (Wildman–Crippen LogP) is 2.46. The van der Waals surface area contributed by atoms with Crippen LogP contribution in [0.5, 0.6) is 5.75 Å². The predicted molar refractivity (Wildman–Crippen MR) is 74.2 cm³/mol. The molecule has 0 aromatic heterocycles. The highest BCUT2D eigenvalue weighted by Crippen LogP contribution is 2.39. The quantitative estimate of drug-likeness (QED) is 0.871. The Balaban J connectivity index is 1.89. The number of hydrogen-bond acceptors (Lipinski definition) is 3. The summed E-state index contributed by atoms with van der Waals surface area (Å²) in [5, 5.41) is 0. The minimum atomic E-state index is 0.401. The SMILES string of the molecule is COc1ccc(N2C3CCC2CC(N)C3)cc1C. The van der Waals surface area contributed by atoms with Crippen LogP contribution in [0.1, 0.15) is 31.2 Å². The first-order valence-corrected chi connectivity index (χ1v) is 6.87. The zero-order valence-corrected chi connectivity index (χ0v) is 11.2. The van der Waals surface area contributed by atoms with E-state index in [4.69, 9.17) is 10.5 Å². The van der Waals surface area contributed by atoms with Crippen molar-refractivity contribution < 1.29 is 4.74 Å². The fourth-order valence-electron chi connectivity index (χ4n) is 3.66. The molecule has 2 N–H and O–H groups in total. The molecular weight excluding hydrogens is 224 g/mol. The molecular formula is C15H22N2O. The second-order valence-electron chi connectivity index (χ2n) is 5.68. The molecule has 3 heteroatoms. The Bertz CT molecular complexity index is 432. The molecule has 98 valence electrons. The lowest BCUT2D eigenvalue weighted by molar-refractivity contribution is 0.408. The molecule has 2 fully saturated rings. The molecule has 3 nitrogen and oxygen atoms in total. The summed E-state index contributed by atoms with van der Waals surface area (Å²) in [5.74, 6) is 0.972. The number of methoxy groups -OCH3 is 1. The van der Waals surface area contributed by atoms with E-state index in [1.807, 2.05) is 0 Å². The van der Waals surface area contributed by atoms with Crippen molar-refractivity contribution in [2.24, 2.45) is 5.73 Å². The van der Waals surface area contributed by atoms with Gasteiger partial charge in [0.1, 0.15) is 5.75 Å². The standard InChI is InChI=1S/C15H22N2O/c1-10-7-12(5-6-15(10)18-2)17-13-3-4-14(17)9-11(16)8-13/h5-7,11,13-14H,3-4,8-9,16H2,1-2H3. The Morgan fingerprint density at radius 2 is 1.89 bits per heavy atom. The maximum absolute atomic E-state index is 6.12. The van der Waals surface area contributed by atoms with E-state index in [0.717, 1.165) is 18.6 Å². The summed E-state index contributed by atoms with van der Waals surface area (Å²) < 4.78 is 5.34. The summed E-state index contributed by atoms with van der Waals surface area (Å²) in [6.07, 6.45) is 4.87. The van der Waals surface area contributed by atoms with Gasteiger partial charge in [0.25, 0.3) is 0 Å². The van der Waals surface area contributed by atoms with Gasteiger partial charge in [-0.15, -0.1) is 0 Å². The fourth-order valence-corrected chi connectivity index (χ4v) is 3.66. The van der Waals surface area contributed by atoms with E-state index in [0.29, 0.717) is 18.1 Å². The molecule has 2 unspecified atom stereocenters. The Labute approximate surface area is 109 Å². The number of ether oxygens (including phenoxy) is 1. The van der Waals surface area contributed by atoms with E-state index >= 15 is 0 Å². The number of benzene rings is 1. The highest BCUT2D eigenvalue weighted by Gasteiger charge is 2.39. The van der Waals surface area contributed by atoms with Crippen LogP contribution in [0.4, 0.5) is 5.69 Å². The van der Waals surface area contributed by atoms with E-state index in [9.17, 15) is 0 Å². The van der Waals surface area contributed by atoms with Crippen molar-refractivity contribution in [2.45, 2.75) is 50.7 Å². The van der Waals surface area contributed by atoms with Crippen molar-refractivity contribution in [1.29, 1.82) is 0 Å². The third-order valence-corrected chi connectivity index (χ3v) is 4.45. The molecule has 0 aliphatic carbocycles. The zero-order valence-electron chi connectivity index (χ0n) is 11.2. The topological polar surface area (TPSA) is 38.5 Å². The number of hydrogen-bond donors (Lipinski definition) is 1. The van der Waals surface area contributed by atoms with Gasteiger partial charge < -0.3 is 15.4 Å². The van der Waals surface area contributed by atoms with Crippen LogP contribution < -0.4 is 15.4 Å². The van der Waals surface area contributed by atoms with Crippen LogP contribution in [0.15, 0.2) is 18.2 Å². The van der Waals surface area contributed by atoms with Gasteiger partial charge in [-0.25, -0.2) is 0 Å². The average molecular weight is 246 g/mol. The molecule has 2 aliphatic rings. The summed E-state index contributed by atoms with van der Waals surface area (Å²) >= 11 is 0. The van der Waals surface area contributed by atoms with Gasteiger partial charge in [0, 0.05) is 23.8 Å². The smallest absolute Gasteiger partial charge is 0.121 e. The normalized spacial score (nSPS) is 30.6. The number of nitrogens with two attached hydrogens (primary N) is 1. The van der Waals surface area contributed by atoms with E-state index in [2.05, 4.69) is 30.0 Å². The number of rotatable bonds is 2. The van der Waals surface area contributed by atoms with Crippen molar-refractivity contribution in [3.05, 3.63) is 23.8 Å². The molecule has 2 atom stereocenters. The van der Waals surface area contributed by atoms with E-state index in [-0.39, 0.29) is 0 Å². The molecule has 18 heavy (non-hydrogen) atoms. The molecule has 1 aromatic rings. The summed E-state index contributed by atoms with van der Waals surface area (Å²) in [4.78, 5) is 2.59. The number of piperidine rings is 1. The maximum atomic E-state index is 6.12. The summed E-state index contributed by atoms with van der Waals surface area (Å²) in [5.41, 5.74) is 8.68. The molecule has 2 bridgehead atoms. The minimum absolute atomic E-state index is 0.401. The second-order valence-corrected chi connectivity index (χ2v) is 5.68. The minimum Gasteiger partial charge on any atom is -0.496 e. The Morgan fingerprint density at radius 3 is 2.44 bits per heavy atom. The van der Waals surface area contributed by atoms with Gasteiger partial charge in [-0.2, -0.15) is 0 Å². The highest BCUT2D eigenvalue weighted by molar-refractivity contribution is 5.55. The molecule has 2 aliphatic heterocycles. The summed E-state index contributed by atoms with van der Waals surface area (Å²) in [6.45, 7) is 2.11. The van der Waals surface area contributed by atoms with Crippen molar-refractivity contribution in [3.63, 3.8) is 0 Å². The third kappa shape index (κ3) is 1.87. The largest absolute Gasteiger partial charge is 0.496 e. The van der Waals surface area contributed by atoms with Crippen LogP contribution in [-0.2, 0) is 0 Å². The number of anilines is 1. The molecule has 0 amide bonds. The lowest BCUT2D eigenvalue weighted by Gasteiger charge is -2.39. The van der Waals surface area contributed by atoms with Gasteiger partial charge in [0.15, 0.2) is 0 Å². The Kier molecular flexibility index (Phi) is 2.94. The van der Waals surface area contributed by atoms with Gasteiger partial charge in [0.2, 0.25) is 0 Å². The van der Waals surface area contributed by atoms with Crippen LogP contribution in [0.3, 0.4) is 0 Å². The van der Waals surface area contributed by atoms with E-state index in [1.165, 1.54) is 24.1 Å². The van der Waals surface area contributed by atoms with Crippen LogP contribution >= 0.6 is 0 Å². The molecule has 3 rings (SSSR count). The van der Waals surface area contributed by atoms with E-state index in [1.54, 1.807) is 7.11 Å². The van der Waals surface area contributed by atoms with Gasteiger partial charge in [-0.3, -0.25) is 0 Å². The number of nitrogens with zero attached hydrogens (tertiary/aromatic N) is 1. The van der Waals surface area contributed by atoms with Gasteiger partial charge in [-0.1, -0.05) is 0 Å². The number of aryl methyl sites for hydroxylation is 1. The van der Waals surface area contributed by atoms with Crippen LogP contribution in [0, 0.1) is 6.92 Å². The molecule has 1 aromatic carbocycles. The third-order valence-electron chi connectivity index (χ3n) is 4.45. The lowest BCUT2D eigenvalue weighted by Crippen LogP contribution is -2.47. The average Bonchev–Trinajstić information content (AvgIpc) is 2.61. The van der Waals surface area contributed by atoms with E-state index < -0.39 is 0 Å².